The van der Waals surface area contributed by atoms with Crippen molar-refractivity contribution in [1.82, 2.24) is 0 Å². The predicted octanol–water partition coefficient (Wildman–Crippen LogP) is 0.272. The first-order valence-electron chi connectivity index (χ1n) is 4.96. The number of carbonyl (C=O) groups is 1. The number of Topliss-reactive ketones (excluding diaryl/α,β-unsaturated/α-hetero) is 1. The van der Waals surface area contributed by atoms with Crippen LogP contribution in [0.2, 0.25) is 0 Å². The Kier molecular flexibility index (Phi) is 11.2. The van der Waals surface area contributed by atoms with Crippen molar-refractivity contribution in [2.24, 2.45) is 0 Å². The minimum Gasteiger partial charge on any atom is -0.382 e. The molecule has 0 aliphatic heterocycles. The zero-order chi connectivity index (χ0) is 11.4. The first-order valence-corrected chi connectivity index (χ1v) is 4.96. The molecule has 0 bridgehead atoms. The van der Waals surface area contributed by atoms with Gasteiger partial charge in [-0.05, 0) is 6.42 Å². The van der Waals surface area contributed by atoms with Crippen molar-refractivity contribution in [2.45, 2.75) is 6.42 Å². The Morgan fingerprint density at radius 1 is 0.867 bits per heavy atom. The van der Waals surface area contributed by atoms with E-state index in [1.54, 1.807) is 7.11 Å². The first kappa shape index (κ1) is 14.5. The molecular weight excluding hydrogens is 200 g/mol. The molecule has 0 fully saturated rings. The van der Waals surface area contributed by atoms with E-state index in [1.165, 1.54) is 7.11 Å². The summed E-state index contributed by atoms with van der Waals surface area (Å²) in [6, 6.07) is 0. The molecule has 0 saturated carbocycles. The molecule has 0 aromatic rings. The molecule has 5 nitrogen and oxygen atoms in total. The summed E-state index contributed by atoms with van der Waals surface area (Å²) >= 11 is 0. The molecule has 0 heterocycles. The van der Waals surface area contributed by atoms with E-state index < -0.39 is 0 Å². The van der Waals surface area contributed by atoms with Crippen LogP contribution in [0.4, 0.5) is 0 Å². The minimum absolute atomic E-state index is 0.0437. The van der Waals surface area contributed by atoms with Gasteiger partial charge in [0.2, 0.25) is 0 Å². The van der Waals surface area contributed by atoms with E-state index in [2.05, 4.69) is 4.74 Å². The van der Waals surface area contributed by atoms with Gasteiger partial charge in [-0.15, -0.1) is 0 Å². The van der Waals surface area contributed by atoms with Crippen molar-refractivity contribution < 1.29 is 23.7 Å². The van der Waals surface area contributed by atoms with E-state index in [0.29, 0.717) is 26.4 Å². The van der Waals surface area contributed by atoms with Crippen LogP contribution >= 0.6 is 0 Å². The Bertz CT molecular complexity index is 149. The Labute approximate surface area is 90.6 Å². The number of ketones is 1. The molecule has 0 aliphatic carbocycles. The lowest BCUT2D eigenvalue weighted by Gasteiger charge is -2.04. The molecule has 90 valence electrons. The fraction of sp³-hybridized carbons (Fsp3) is 0.900. The van der Waals surface area contributed by atoms with Crippen molar-refractivity contribution in [3.63, 3.8) is 0 Å². The van der Waals surface area contributed by atoms with E-state index >= 15 is 0 Å². The number of hydrogen-bond donors (Lipinski definition) is 0. The second-order valence-electron chi connectivity index (χ2n) is 2.98. The SMILES string of the molecule is COCCOCCCOCC(=O)COC. The summed E-state index contributed by atoms with van der Waals surface area (Å²) in [5.74, 6) is -0.0437. The Morgan fingerprint density at radius 2 is 1.60 bits per heavy atom. The van der Waals surface area contributed by atoms with Crippen LogP contribution in [-0.2, 0) is 23.7 Å². The Morgan fingerprint density at radius 3 is 2.27 bits per heavy atom. The summed E-state index contributed by atoms with van der Waals surface area (Å²) < 4.78 is 19.8. The second kappa shape index (κ2) is 11.6. The molecule has 0 amide bonds. The van der Waals surface area contributed by atoms with Crippen molar-refractivity contribution in [1.29, 1.82) is 0 Å². The smallest absolute Gasteiger partial charge is 0.183 e. The maximum atomic E-state index is 10.9. The van der Waals surface area contributed by atoms with Crippen molar-refractivity contribution >= 4 is 5.78 Å². The summed E-state index contributed by atoms with van der Waals surface area (Å²) in [6.45, 7) is 2.59. The van der Waals surface area contributed by atoms with Gasteiger partial charge in [-0.1, -0.05) is 0 Å². The van der Waals surface area contributed by atoms with Crippen molar-refractivity contribution in [2.75, 3.05) is 53.9 Å². The second-order valence-corrected chi connectivity index (χ2v) is 2.98. The monoisotopic (exact) mass is 220 g/mol. The third-order valence-electron chi connectivity index (χ3n) is 1.58. The van der Waals surface area contributed by atoms with Crippen LogP contribution < -0.4 is 0 Å². The normalized spacial score (nSPS) is 10.5. The van der Waals surface area contributed by atoms with Gasteiger partial charge in [0.25, 0.3) is 0 Å². The molecule has 0 saturated heterocycles. The van der Waals surface area contributed by atoms with E-state index in [0.717, 1.165) is 6.42 Å². The quantitative estimate of drug-likeness (QED) is 0.468. The van der Waals surface area contributed by atoms with E-state index in [1.807, 2.05) is 0 Å². The molecule has 0 N–H and O–H groups in total. The molecule has 0 rings (SSSR count). The Hall–Kier alpha value is -0.490. The van der Waals surface area contributed by atoms with E-state index in [4.69, 9.17) is 14.2 Å². The zero-order valence-corrected chi connectivity index (χ0v) is 9.49. The molecule has 0 aromatic heterocycles. The van der Waals surface area contributed by atoms with Crippen LogP contribution in [0.3, 0.4) is 0 Å². The fourth-order valence-corrected chi connectivity index (χ4v) is 0.896. The van der Waals surface area contributed by atoms with Crippen LogP contribution in [0.5, 0.6) is 0 Å². The standard InChI is InChI=1S/C10H20O5/c1-12-6-7-14-4-3-5-15-9-10(11)8-13-2/h3-9H2,1-2H3. The zero-order valence-electron chi connectivity index (χ0n) is 9.49. The van der Waals surface area contributed by atoms with Gasteiger partial charge in [0.1, 0.15) is 13.2 Å². The number of ether oxygens (including phenoxy) is 4. The summed E-state index contributed by atoms with van der Waals surface area (Å²) in [4.78, 5) is 10.9. The molecule has 0 atom stereocenters. The highest BCUT2D eigenvalue weighted by Crippen LogP contribution is 1.86. The van der Waals surface area contributed by atoms with Gasteiger partial charge in [-0.2, -0.15) is 0 Å². The minimum atomic E-state index is -0.0437. The van der Waals surface area contributed by atoms with Gasteiger partial charge in [-0.25, -0.2) is 0 Å². The number of carbonyl (C=O) groups excluding carboxylic acids is 1. The van der Waals surface area contributed by atoms with E-state index in [9.17, 15) is 4.79 Å². The molecule has 0 aliphatic rings. The summed E-state index contributed by atoms with van der Waals surface area (Å²) in [5.41, 5.74) is 0. The lowest BCUT2D eigenvalue weighted by atomic mass is 10.4. The molecule has 0 spiro atoms. The van der Waals surface area contributed by atoms with Gasteiger partial charge in [-0.3, -0.25) is 4.79 Å². The largest absolute Gasteiger partial charge is 0.382 e. The third kappa shape index (κ3) is 11.4. The highest BCUT2D eigenvalue weighted by molar-refractivity contribution is 5.80. The van der Waals surface area contributed by atoms with Crippen LogP contribution in [0.25, 0.3) is 0 Å². The van der Waals surface area contributed by atoms with Crippen LogP contribution in [0, 0.1) is 0 Å². The highest BCUT2D eigenvalue weighted by Gasteiger charge is 1.99. The molecule has 0 aromatic carbocycles. The number of hydrogen-bond acceptors (Lipinski definition) is 5. The predicted molar refractivity (Wildman–Crippen MR) is 55.0 cm³/mol. The first-order chi connectivity index (χ1) is 7.31. The average molecular weight is 220 g/mol. The highest BCUT2D eigenvalue weighted by atomic mass is 16.5. The molecule has 5 heteroatoms. The maximum absolute atomic E-state index is 10.9. The Balaban J connectivity index is 3.01. The summed E-state index contributed by atoms with van der Waals surface area (Å²) in [7, 11) is 3.12. The molecular formula is C10H20O5. The summed E-state index contributed by atoms with van der Waals surface area (Å²) in [6.07, 6.45) is 0.782. The molecule has 0 unspecified atom stereocenters. The van der Waals surface area contributed by atoms with Crippen molar-refractivity contribution in [3.8, 4) is 0 Å². The third-order valence-corrected chi connectivity index (χ3v) is 1.58. The maximum Gasteiger partial charge on any atom is 0.183 e. The van der Waals surface area contributed by atoms with Gasteiger partial charge in [0.05, 0.1) is 13.2 Å². The number of methoxy groups -OCH3 is 2. The lowest BCUT2D eigenvalue weighted by Crippen LogP contribution is -2.15. The van der Waals surface area contributed by atoms with Crippen LogP contribution in [0.15, 0.2) is 0 Å². The van der Waals surface area contributed by atoms with Gasteiger partial charge < -0.3 is 18.9 Å². The number of rotatable bonds is 11. The van der Waals surface area contributed by atoms with Crippen LogP contribution in [0.1, 0.15) is 6.42 Å². The van der Waals surface area contributed by atoms with Crippen LogP contribution in [-0.4, -0.2) is 59.6 Å². The molecule has 0 radical (unpaired) electrons. The van der Waals surface area contributed by atoms with Gasteiger partial charge in [0, 0.05) is 27.4 Å². The summed E-state index contributed by atoms with van der Waals surface area (Å²) in [5, 5.41) is 0. The topological polar surface area (TPSA) is 54.0 Å². The van der Waals surface area contributed by atoms with E-state index in [-0.39, 0.29) is 19.0 Å². The fourth-order valence-electron chi connectivity index (χ4n) is 0.896. The van der Waals surface area contributed by atoms with Gasteiger partial charge >= 0.3 is 0 Å². The van der Waals surface area contributed by atoms with Crippen molar-refractivity contribution in [3.05, 3.63) is 0 Å². The molecule has 15 heavy (non-hydrogen) atoms. The van der Waals surface area contributed by atoms with Gasteiger partial charge in [0.15, 0.2) is 5.78 Å². The lowest BCUT2D eigenvalue weighted by molar-refractivity contribution is -0.127. The average Bonchev–Trinajstić information content (AvgIpc) is 2.22.